The van der Waals surface area contributed by atoms with Crippen molar-refractivity contribution < 1.29 is 24.1 Å². The highest BCUT2D eigenvalue weighted by atomic mass is 19.1. The van der Waals surface area contributed by atoms with Crippen molar-refractivity contribution in [1.82, 2.24) is 4.90 Å². The maximum absolute atomic E-state index is 13.5. The summed E-state index contributed by atoms with van der Waals surface area (Å²) in [5.41, 5.74) is 3.67. The van der Waals surface area contributed by atoms with E-state index in [2.05, 4.69) is 0 Å². The molecule has 0 radical (unpaired) electrons. The topological polar surface area (TPSA) is 77.3 Å². The van der Waals surface area contributed by atoms with Crippen LogP contribution in [0.1, 0.15) is 62.8 Å². The van der Waals surface area contributed by atoms with Gasteiger partial charge in [0.05, 0.1) is 6.04 Å². The minimum absolute atomic E-state index is 0.00888. The van der Waals surface area contributed by atoms with Crippen LogP contribution in [0.2, 0.25) is 0 Å². The first kappa shape index (κ1) is 25.1. The molecule has 6 nitrogen and oxygen atoms in total. The van der Waals surface area contributed by atoms with E-state index in [0.717, 1.165) is 28.0 Å². The number of rotatable bonds is 7. The van der Waals surface area contributed by atoms with Crippen molar-refractivity contribution in [3.05, 3.63) is 94.1 Å². The van der Waals surface area contributed by atoms with Crippen LogP contribution < -0.4 is 5.06 Å². The van der Waals surface area contributed by atoms with Gasteiger partial charge < -0.3 is 25.0 Å². The first-order valence-corrected chi connectivity index (χ1v) is 12.2. The van der Waals surface area contributed by atoms with Crippen LogP contribution in [0.15, 0.2) is 66.4 Å². The SMILES string of the molecule is CC1=CC(c2ccc(C(C)N3CCC(CCCO)(c4ccc(F)cc4)OC3=O)cc2)=CC(C)[NH+]1[O-]. The summed E-state index contributed by atoms with van der Waals surface area (Å²) < 4.78 is 19.5. The summed E-state index contributed by atoms with van der Waals surface area (Å²) in [4.78, 5) is 14.9. The van der Waals surface area contributed by atoms with Crippen LogP contribution in [-0.2, 0) is 10.3 Å². The predicted octanol–water partition coefficient (Wildman–Crippen LogP) is 4.47. The minimum Gasteiger partial charge on any atom is -0.629 e. The highest BCUT2D eigenvalue weighted by Crippen LogP contribution is 2.40. The molecule has 0 bridgehead atoms. The van der Waals surface area contributed by atoms with Crippen LogP contribution in [0.4, 0.5) is 9.18 Å². The molecule has 0 aromatic heterocycles. The summed E-state index contributed by atoms with van der Waals surface area (Å²) in [5.74, 6) is -0.345. The molecule has 0 saturated carbocycles. The monoisotopic (exact) mass is 480 g/mol. The Morgan fingerprint density at radius 1 is 1.23 bits per heavy atom. The van der Waals surface area contributed by atoms with Crippen LogP contribution in [0.3, 0.4) is 0 Å². The molecule has 4 unspecified atom stereocenters. The lowest BCUT2D eigenvalue weighted by Gasteiger charge is -2.43. The lowest BCUT2D eigenvalue weighted by molar-refractivity contribution is -0.825. The Hall–Kier alpha value is -3.00. The van der Waals surface area contributed by atoms with Crippen molar-refractivity contribution in [1.29, 1.82) is 0 Å². The summed E-state index contributed by atoms with van der Waals surface area (Å²) in [6.07, 6.45) is 4.99. The largest absolute Gasteiger partial charge is 0.629 e. The number of quaternary nitrogens is 1. The van der Waals surface area contributed by atoms with Crippen molar-refractivity contribution in [2.45, 2.75) is 57.7 Å². The normalized spacial score (nSPS) is 25.5. The van der Waals surface area contributed by atoms with Crippen LogP contribution in [-0.4, -0.2) is 35.3 Å². The Bertz CT molecular complexity index is 1110. The number of carbonyl (C=O) groups excluding carboxylic acids is 1. The molecule has 2 aromatic carbocycles. The first-order valence-electron chi connectivity index (χ1n) is 12.2. The maximum Gasteiger partial charge on any atom is 0.411 e. The number of benzene rings is 2. The molecule has 1 saturated heterocycles. The molecular weight excluding hydrogens is 447 g/mol. The molecule has 7 heteroatoms. The zero-order valence-corrected chi connectivity index (χ0v) is 20.5. The third kappa shape index (κ3) is 5.17. The fourth-order valence-corrected chi connectivity index (χ4v) is 5.03. The molecule has 186 valence electrons. The third-order valence-corrected chi connectivity index (χ3v) is 7.18. The van der Waals surface area contributed by atoms with Gasteiger partial charge in [0.2, 0.25) is 0 Å². The van der Waals surface area contributed by atoms with Gasteiger partial charge >= 0.3 is 6.09 Å². The number of halogens is 1. The van der Waals surface area contributed by atoms with E-state index >= 15 is 0 Å². The molecule has 0 spiro atoms. The molecule has 2 heterocycles. The fraction of sp³-hybridized carbons (Fsp3) is 0.393. The van der Waals surface area contributed by atoms with Gasteiger partial charge in [0, 0.05) is 32.6 Å². The number of hydrogen-bond acceptors (Lipinski definition) is 4. The lowest BCUT2D eigenvalue weighted by Crippen LogP contribution is -3.08. The van der Waals surface area contributed by atoms with Crippen LogP contribution >= 0.6 is 0 Å². The summed E-state index contributed by atoms with van der Waals surface area (Å²) in [6.45, 7) is 6.20. The van der Waals surface area contributed by atoms with E-state index in [9.17, 15) is 19.5 Å². The van der Waals surface area contributed by atoms with Gasteiger partial charge in [-0.15, -0.1) is 0 Å². The Balaban J connectivity index is 1.50. The van der Waals surface area contributed by atoms with Gasteiger partial charge in [-0.05, 0) is 67.2 Å². The van der Waals surface area contributed by atoms with Crippen LogP contribution in [0.5, 0.6) is 0 Å². The van der Waals surface area contributed by atoms with Gasteiger partial charge in [-0.2, -0.15) is 0 Å². The number of hydrogen-bond donors (Lipinski definition) is 2. The van der Waals surface area contributed by atoms with Gasteiger partial charge in [-0.1, -0.05) is 36.4 Å². The second-order valence-electron chi connectivity index (χ2n) is 9.54. The number of aliphatic hydroxyl groups excluding tert-OH is 1. The van der Waals surface area contributed by atoms with Crippen molar-refractivity contribution in [2.75, 3.05) is 13.2 Å². The summed E-state index contributed by atoms with van der Waals surface area (Å²) >= 11 is 0. The molecular formula is C28H33FN2O4. The minimum atomic E-state index is -0.876. The molecule has 35 heavy (non-hydrogen) atoms. The second kappa shape index (κ2) is 10.3. The van der Waals surface area contributed by atoms with Crippen molar-refractivity contribution >= 4 is 11.7 Å². The molecule has 0 aliphatic carbocycles. The van der Waals surface area contributed by atoms with E-state index in [1.165, 1.54) is 12.1 Å². The molecule has 2 aliphatic rings. The number of allylic oxidation sites excluding steroid dienone is 3. The molecule has 2 N–H and O–H groups in total. The summed E-state index contributed by atoms with van der Waals surface area (Å²) in [7, 11) is 0. The number of nitrogens with one attached hydrogen (secondary N) is 1. The number of amides is 1. The molecule has 2 aliphatic heterocycles. The van der Waals surface area contributed by atoms with Crippen molar-refractivity contribution in [3.63, 3.8) is 0 Å². The molecule has 1 amide bonds. The number of cyclic esters (lactones) is 1. The standard InChI is InChI=1S/C28H33FN2O4/c1-19-17-24(18-20(2)31(19)34)23-7-5-22(6-8-23)21(3)30-15-14-28(13-4-16-32,35-27(30)33)25-9-11-26(29)12-10-25/h5-12,17-19,21,31-32H,4,13-16H2,1-3H3. The Labute approximate surface area is 205 Å². The average molecular weight is 481 g/mol. The highest BCUT2D eigenvalue weighted by Gasteiger charge is 2.43. The highest BCUT2D eigenvalue weighted by molar-refractivity contribution is 5.75. The van der Waals surface area contributed by atoms with E-state index < -0.39 is 11.7 Å². The fourth-order valence-electron chi connectivity index (χ4n) is 5.03. The predicted molar refractivity (Wildman–Crippen MR) is 133 cm³/mol. The Morgan fingerprint density at radius 3 is 2.51 bits per heavy atom. The van der Waals surface area contributed by atoms with Gasteiger partial charge in [-0.25, -0.2) is 9.18 Å². The van der Waals surface area contributed by atoms with Crippen LogP contribution in [0.25, 0.3) is 5.57 Å². The molecule has 1 fully saturated rings. The summed E-state index contributed by atoms with van der Waals surface area (Å²) in [6, 6.07) is 13.8. The Morgan fingerprint density at radius 2 is 1.91 bits per heavy atom. The smallest absolute Gasteiger partial charge is 0.411 e. The zero-order chi connectivity index (χ0) is 25.2. The van der Waals surface area contributed by atoms with E-state index in [1.54, 1.807) is 17.0 Å². The van der Waals surface area contributed by atoms with Gasteiger partial charge in [-0.3, -0.25) is 0 Å². The number of aliphatic hydroxyl groups is 1. The third-order valence-electron chi connectivity index (χ3n) is 7.18. The van der Waals surface area contributed by atoms with Gasteiger partial charge in [0.25, 0.3) is 0 Å². The van der Waals surface area contributed by atoms with E-state index in [1.807, 2.05) is 57.2 Å². The van der Waals surface area contributed by atoms with E-state index in [0.29, 0.717) is 25.8 Å². The second-order valence-corrected chi connectivity index (χ2v) is 9.54. The lowest BCUT2D eigenvalue weighted by atomic mass is 9.84. The summed E-state index contributed by atoms with van der Waals surface area (Å²) in [5, 5.41) is 21.6. The zero-order valence-electron chi connectivity index (χ0n) is 20.5. The maximum atomic E-state index is 13.5. The van der Waals surface area contributed by atoms with E-state index in [-0.39, 0.29) is 29.6 Å². The quantitative estimate of drug-likeness (QED) is 0.574. The van der Waals surface area contributed by atoms with Crippen molar-refractivity contribution in [2.24, 2.45) is 0 Å². The Kier molecular flexibility index (Phi) is 7.40. The number of nitrogens with zero attached hydrogens (tertiary/aromatic N) is 1. The van der Waals surface area contributed by atoms with Gasteiger partial charge in [0.15, 0.2) is 0 Å². The average Bonchev–Trinajstić information content (AvgIpc) is 2.86. The molecule has 4 rings (SSSR count). The first-order chi connectivity index (χ1) is 16.7. The molecule has 4 atom stereocenters. The number of ether oxygens (including phenoxy) is 1. The van der Waals surface area contributed by atoms with Crippen LogP contribution in [0, 0.1) is 11.0 Å². The van der Waals surface area contributed by atoms with Crippen molar-refractivity contribution in [3.8, 4) is 0 Å². The number of hydroxylamine groups is 2. The number of carbonyl (C=O) groups is 1. The van der Waals surface area contributed by atoms with E-state index in [4.69, 9.17) is 4.74 Å². The van der Waals surface area contributed by atoms with Gasteiger partial charge in [0.1, 0.15) is 23.2 Å². The molecule has 2 aromatic rings.